The summed E-state index contributed by atoms with van der Waals surface area (Å²) in [7, 11) is -3.20. The Labute approximate surface area is 110 Å². The van der Waals surface area contributed by atoms with Gasteiger partial charge in [0.2, 0.25) is 10.0 Å². The Morgan fingerprint density at radius 3 is 3.00 bits per heavy atom. The summed E-state index contributed by atoms with van der Waals surface area (Å²) >= 11 is 1.57. The van der Waals surface area contributed by atoms with Gasteiger partial charge in [-0.15, -0.1) is 5.10 Å². The second kappa shape index (κ2) is 5.59. The second-order valence-corrected chi connectivity index (χ2v) is 6.48. The highest BCUT2D eigenvalue weighted by atomic mass is 32.2. The van der Waals surface area contributed by atoms with Gasteiger partial charge in [0.25, 0.3) is 0 Å². The molecule has 2 rings (SSSR count). The monoisotopic (exact) mass is 286 g/mol. The average molecular weight is 286 g/mol. The first kappa shape index (κ1) is 13.2. The van der Waals surface area contributed by atoms with E-state index in [-0.39, 0.29) is 12.3 Å². The van der Waals surface area contributed by atoms with Gasteiger partial charge in [-0.1, -0.05) is 12.1 Å². The largest absolute Gasteiger partial charge is 0.220 e. The molecule has 0 fully saturated rings. The summed E-state index contributed by atoms with van der Waals surface area (Å²) in [4.78, 5) is 0. The molecule has 0 saturated heterocycles. The van der Waals surface area contributed by atoms with Crippen LogP contribution in [0, 0.1) is 0 Å². The van der Waals surface area contributed by atoms with Gasteiger partial charge in [0, 0.05) is 5.38 Å². The summed E-state index contributed by atoms with van der Waals surface area (Å²) in [6.45, 7) is 2.00. The molecule has 18 heavy (non-hydrogen) atoms. The fraction of sp³-hybridized carbons (Fsp3) is 0.400. The first-order valence-electron chi connectivity index (χ1n) is 5.52. The number of nitrogens with one attached hydrogen (secondary N) is 1. The van der Waals surface area contributed by atoms with Crippen LogP contribution < -0.4 is 4.72 Å². The molecule has 0 radical (unpaired) electrons. The highest BCUT2D eigenvalue weighted by Gasteiger charge is 2.10. The van der Waals surface area contributed by atoms with Crippen LogP contribution in [-0.2, 0) is 16.6 Å². The zero-order valence-electron chi connectivity index (χ0n) is 9.91. The molecule has 0 atom stereocenters. The van der Waals surface area contributed by atoms with Crippen molar-refractivity contribution in [2.75, 3.05) is 5.75 Å². The molecule has 0 spiro atoms. The van der Waals surface area contributed by atoms with E-state index in [1.54, 1.807) is 22.2 Å². The third-order valence-electron chi connectivity index (χ3n) is 2.26. The van der Waals surface area contributed by atoms with Crippen LogP contribution in [0.5, 0.6) is 0 Å². The fourth-order valence-corrected chi connectivity index (χ4v) is 3.09. The third-order valence-corrected chi connectivity index (χ3v) is 4.46. The maximum atomic E-state index is 11.5. The third kappa shape index (κ3) is 3.37. The van der Waals surface area contributed by atoms with Gasteiger partial charge in [-0.25, -0.2) is 17.8 Å². The maximum Gasteiger partial charge on any atom is 0.211 e. The minimum absolute atomic E-state index is 0.131. The van der Waals surface area contributed by atoms with Gasteiger partial charge in [-0.3, -0.25) is 0 Å². The quantitative estimate of drug-likeness (QED) is 0.864. The van der Waals surface area contributed by atoms with Crippen molar-refractivity contribution >= 4 is 21.4 Å². The Morgan fingerprint density at radius 1 is 1.50 bits per heavy atom. The van der Waals surface area contributed by atoms with Crippen molar-refractivity contribution in [3.05, 3.63) is 28.7 Å². The van der Waals surface area contributed by atoms with Crippen molar-refractivity contribution in [1.82, 2.24) is 19.7 Å². The first-order chi connectivity index (χ1) is 8.61. The summed E-state index contributed by atoms with van der Waals surface area (Å²) in [6, 6.07) is 1.92. The maximum absolute atomic E-state index is 11.5. The zero-order valence-corrected chi connectivity index (χ0v) is 11.5. The van der Waals surface area contributed by atoms with Crippen LogP contribution in [0.3, 0.4) is 0 Å². The summed E-state index contributed by atoms with van der Waals surface area (Å²) in [5.74, 6) is 0.131. The van der Waals surface area contributed by atoms with Crippen molar-refractivity contribution in [2.45, 2.75) is 19.9 Å². The summed E-state index contributed by atoms with van der Waals surface area (Å²) in [5.41, 5.74) is 1.52. The van der Waals surface area contributed by atoms with E-state index in [2.05, 4.69) is 15.0 Å². The van der Waals surface area contributed by atoms with Gasteiger partial charge in [0.15, 0.2) is 0 Å². The van der Waals surface area contributed by atoms with Gasteiger partial charge in [-0.05, 0) is 17.9 Å². The van der Waals surface area contributed by atoms with Crippen LogP contribution in [0.15, 0.2) is 23.0 Å². The lowest BCUT2D eigenvalue weighted by atomic mass is 10.5. The van der Waals surface area contributed by atoms with Gasteiger partial charge >= 0.3 is 0 Å². The van der Waals surface area contributed by atoms with E-state index in [4.69, 9.17) is 0 Å². The molecule has 0 aliphatic carbocycles. The van der Waals surface area contributed by atoms with E-state index in [1.807, 2.05) is 23.8 Å². The van der Waals surface area contributed by atoms with Gasteiger partial charge in [0.1, 0.15) is 0 Å². The van der Waals surface area contributed by atoms with E-state index in [1.165, 1.54) is 0 Å². The number of hydrogen-bond acceptors (Lipinski definition) is 5. The summed E-state index contributed by atoms with van der Waals surface area (Å²) in [6.07, 6.45) is 2.31. The van der Waals surface area contributed by atoms with Crippen LogP contribution in [0.1, 0.15) is 19.0 Å². The highest BCUT2D eigenvalue weighted by Crippen LogP contribution is 2.10. The Morgan fingerprint density at radius 2 is 2.33 bits per heavy atom. The minimum Gasteiger partial charge on any atom is -0.220 e. The van der Waals surface area contributed by atoms with Crippen molar-refractivity contribution in [2.24, 2.45) is 0 Å². The predicted octanol–water partition coefficient (Wildman–Crippen LogP) is 1.16. The number of sulfonamides is 1. The van der Waals surface area contributed by atoms with E-state index >= 15 is 0 Å². The molecule has 6 nitrogen and oxygen atoms in total. The Hall–Kier alpha value is -1.25. The molecular formula is C10H14N4O2S2. The predicted molar refractivity (Wildman–Crippen MR) is 70.2 cm³/mol. The van der Waals surface area contributed by atoms with Crippen LogP contribution in [0.25, 0.3) is 5.69 Å². The van der Waals surface area contributed by atoms with Crippen molar-refractivity contribution in [3.63, 3.8) is 0 Å². The number of aromatic nitrogens is 3. The number of hydrogen-bond donors (Lipinski definition) is 1. The van der Waals surface area contributed by atoms with Crippen LogP contribution in [0.4, 0.5) is 0 Å². The topological polar surface area (TPSA) is 76.9 Å². The Kier molecular flexibility index (Phi) is 4.10. The fourth-order valence-electron chi connectivity index (χ4n) is 1.42. The first-order valence-corrected chi connectivity index (χ1v) is 8.11. The molecule has 98 valence electrons. The van der Waals surface area contributed by atoms with Crippen LogP contribution >= 0.6 is 11.3 Å². The number of thiophene rings is 1. The molecule has 0 aromatic carbocycles. The summed E-state index contributed by atoms with van der Waals surface area (Å²) < 4.78 is 27.1. The van der Waals surface area contributed by atoms with E-state index in [0.717, 1.165) is 5.69 Å². The van der Waals surface area contributed by atoms with E-state index < -0.39 is 10.0 Å². The van der Waals surface area contributed by atoms with E-state index in [9.17, 15) is 8.42 Å². The lowest BCUT2D eigenvalue weighted by Gasteiger charge is -2.02. The van der Waals surface area contributed by atoms with Crippen molar-refractivity contribution in [1.29, 1.82) is 0 Å². The molecule has 2 aromatic rings. The van der Waals surface area contributed by atoms with Crippen molar-refractivity contribution in [3.8, 4) is 5.69 Å². The summed E-state index contributed by atoms with van der Waals surface area (Å²) in [5, 5.41) is 11.8. The molecule has 0 aliphatic rings. The molecule has 0 aliphatic heterocycles. The molecule has 8 heteroatoms. The Balaban J connectivity index is 2.00. The minimum atomic E-state index is -3.20. The van der Waals surface area contributed by atoms with Gasteiger partial charge < -0.3 is 0 Å². The molecule has 0 amide bonds. The lowest BCUT2D eigenvalue weighted by molar-refractivity contribution is 0.579. The molecule has 2 aromatic heterocycles. The van der Waals surface area contributed by atoms with Gasteiger partial charge in [-0.2, -0.15) is 11.3 Å². The lowest BCUT2D eigenvalue weighted by Crippen LogP contribution is -2.25. The molecule has 0 unspecified atom stereocenters. The van der Waals surface area contributed by atoms with E-state index in [0.29, 0.717) is 12.1 Å². The Bertz CT molecular complexity index is 589. The zero-order chi connectivity index (χ0) is 13.0. The highest BCUT2D eigenvalue weighted by molar-refractivity contribution is 7.89. The van der Waals surface area contributed by atoms with Crippen LogP contribution in [0.2, 0.25) is 0 Å². The molecule has 1 N–H and O–H groups in total. The molecule has 2 heterocycles. The number of nitrogens with zero attached hydrogens (tertiary/aromatic N) is 3. The van der Waals surface area contributed by atoms with Crippen molar-refractivity contribution < 1.29 is 8.42 Å². The second-order valence-electron chi connectivity index (χ2n) is 3.78. The smallest absolute Gasteiger partial charge is 0.211 e. The average Bonchev–Trinajstić information content (AvgIpc) is 2.97. The molecular weight excluding hydrogens is 272 g/mol. The molecule has 0 bridgehead atoms. The van der Waals surface area contributed by atoms with Crippen LogP contribution in [-0.4, -0.2) is 29.2 Å². The number of rotatable bonds is 6. The van der Waals surface area contributed by atoms with Gasteiger partial charge in [0.05, 0.1) is 29.9 Å². The SMILES string of the molecule is CCCS(=O)(=O)NCc1cn(-c2ccsc2)nn1. The molecule has 0 saturated carbocycles. The normalized spacial score (nSPS) is 11.8. The standard InChI is InChI=1S/C10H14N4O2S2/c1-2-5-18(15,16)11-6-9-7-14(13-12-9)10-3-4-17-8-10/h3-4,7-8,11H,2,5-6H2,1H3.